The Labute approximate surface area is 165 Å². The Balaban J connectivity index is 2.08. The molecule has 1 heterocycles. The first kappa shape index (κ1) is 19.2. The van der Waals surface area contributed by atoms with Gasteiger partial charge >= 0.3 is 0 Å². The minimum atomic E-state index is -3.62. The average molecular weight is 491 g/mol. The zero-order chi connectivity index (χ0) is 19.3. The second kappa shape index (κ2) is 6.52. The molecule has 0 spiro atoms. The van der Waals surface area contributed by atoms with Crippen molar-refractivity contribution >= 4 is 49.7 Å². The normalized spacial score (nSPS) is 15.6. The van der Waals surface area contributed by atoms with Crippen molar-refractivity contribution in [2.75, 3.05) is 10.0 Å². The minimum Gasteiger partial charge on any atom is -0.351 e. The Hall–Kier alpha value is -1.62. The summed E-state index contributed by atoms with van der Waals surface area (Å²) in [6.45, 7) is 3.25. The lowest BCUT2D eigenvalue weighted by Gasteiger charge is -2.20. The highest BCUT2D eigenvalue weighted by molar-refractivity contribution is 14.1. The Morgan fingerprint density at radius 2 is 1.92 bits per heavy atom. The molecule has 9 heteroatoms. The van der Waals surface area contributed by atoms with Gasteiger partial charge in [-0.3, -0.25) is 9.52 Å². The maximum absolute atomic E-state index is 14.2. The van der Waals surface area contributed by atoms with Crippen molar-refractivity contribution in [1.82, 2.24) is 4.57 Å². The fraction of sp³-hybridized carbons (Fsp3) is 0.353. The molecule has 0 radical (unpaired) electrons. The predicted molar refractivity (Wildman–Crippen MR) is 109 cm³/mol. The zero-order valence-electron chi connectivity index (χ0n) is 14.6. The van der Waals surface area contributed by atoms with E-state index in [1.807, 2.05) is 22.6 Å². The molecule has 1 aliphatic carbocycles. The van der Waals surface area contributed by atoms with Gasteiger partial charge < -0.3 is 9.88 Å². The summed E-state index contributed by atoms with van der Waals surface area (Å²) in [6.07, 6.45) is 2.58. The number of rotatable bonds is 5. The third kappa shape index (κ3) is 3.46. The van der Waals surface area contributed by atoms with E-state index >= 15 is 0 Å². The third-order valence-corrected chi connectivity index (χ3v) is 7.51. The summed E-state index contributed by atoms with van der Waals surface area (Å²) in [5.41, 5.74) is 0.641. The van der Waals surface area contributed by atoms with Gasteiger partial charge in [-0.1, -0.05) is 0 Å². The fourth-order valence-corrected chi connectivity index (χ4v) is 4.35. The molecule has 26 heavy (non-hydrogen) atoms. The molecule has 0 aliphatic heterocycles. The summed E-state index contributed by atoms with van der Waals surface area (Å²) >= 11 is 2.00. The van der Waals surface area contributed by atoms with Crippen LogP contribution in [-0.2, 0) is 17.1 Å². The number of nitrogens with one attached hydrogen (secondary N) is 2. The number of benzene rings is 1. The highest BCUT2D eigenvalue weighted by Crippen LogP contribution is 2.44. The maximum atomic E-state index is 14.2. The lowest BCUT2D eigenvalue weighted by Crippen LogP contribution is -2.29. The van der Waals surface area contributed by atoms with Crippen LogP contribution in [-0.4, -0.2) is 17.7 Å². The molecular weight excluding hydrogens is 472 g/mol. The lowest BCUT2D eigenvalue weighted by atomic mass is 10.2. The largest absolute Gasteiger partial charge is 0.351 e. The van der Waals surface area contributed by atoms with Gasteiger partial charge in [0.1, 0.15) is 5.82 Å². The van der Waals surface area contributed by atoms with Gasteiger partial charge in [0.2, 0.25) is 10.0 Å². The fourth-order valence-electron chi connectivity index (χ4n) is 2.57. The van der Waals surface area contributed by atoms with E-state index in [2.05, 4.69) is 10.0 Å². The highest BCUT2D eigenvalue weighted by atomic mass is 127. The topological polar surface area (TPSA) is 80.2 Å². The van der Waals surface area contributed by atoms with Gasteiger partial charge in [-0.2, -0.15) is 0 Å². The van der Waals surface area contributed by atoms with Crippen molar-refractivity contribution in [3.8, 4) is 0 Å². The van der Waals surface area contributed by atoms with Gasteiger partial charge in [-0.15, -0.1) is 0 Å². The number of halogens is 2. The van der Waals surface area contributed by atoms with E-state index in [-0.39, 0.29) is 22.6 Å². The van der Waals surface area contributed by atoms with Crippen LogP contribution in [0.5, 0.6) is 0 Å². The molecule has 0 bridgehead atoms. The molecule has 1 saturated carbocycles. The van der Waals surface area contributed by atoms with E-state index in [1.165, 1.54) is 16.8 Å². The summed E-state index contributed by atoms with van der Waals surface area (Å²) < 4.78 is 43.2. The maximum Gasteiger partial charge on any atom is 0.255 e. The molecule has 0 saturated heterocycles. The molecule has 1 aromatic heterocycles. The number of aryl methyl sites for hydroxylation is 1. The smallest absolute Gasteiger partial charge is 0.255 e. The van der Waals surface area contributed by atoms with Crippen LogP contribution in [0.25, 0.3) is 0 Å². The van der Waals surface area contributed by atoms with Crippen LogP contribution >= 0.6 is 22.6 Å². The van der Waals surface area contributed by atoms with Crippen molar-refractivity contribution in [3.63, 3.8) is 0 Å². The van der Waals surface area contributed by atoms with Crippen LogP contribution < -0.4 is 15.6 Å². The summed E-state index contributed by atoms with van der Waals surface area (Å²) in [5.74, 6) is -0.486. The highest BCUT2D eigenvalue weighted by Gasteiger charge is 2.50. The molecule has 1 aliphatic rings. The van der Waals surface area contributed by atoms with Crippen molar-refractivity contribution < 1.29 is 12.8 Å². The number of hydrogen-bond acceptors (Lipinski definition) is 4. The van der Waals surface area contributed by atoms with Crippen LogP contribution in [0, 0.1) is 16.3 Å². The van der Waals surface area contributed by atoms with Gasteiger partial charge in [-0.25, -0.2) is 12.8 Å². The monoisotopic (exact) mass is 491 g/mol. The zero-order valence-corrected chi connectivity index (χ0v) is 17.5. The number of pyridine rings is 1. The predicted octanol–water partition coefficient (Wildman–Crippen LogP) is 3.48. The molecule has 0 unspecified atom stereocenters. The van der Waals surface area contributed by atoms with Crippen LogP contribution in [0.1, 0.15) is 25.3 Å². The van der Waals surface area contributed by atoms with Gasteiger partial charge in [0.05, 0.1) is 21.8 Å². The number of sulfonamides is 1. The average Bonchev–Trinajstić information content (AvgIpc) is 3.30. The molecule has 6 nitrogen and oxygen atoms in total. The molecule has 1 fully saturated rings. The third-order valence-electron chi connectivity index (χ3n) is 4.65. The molecule has 140 valence electrons. The van der Waals surface area contributed by atoms with Crippen LogP contribution in [0.4, 0.5) is 21.5 Å². The van der Waals surface area contributed by atoms with E-state index < -0.39 is 20.6 Å². The van der Waals surface area contributed by atoms with Gasteiger partial charge in [0.25, 0.3) is 5.56 Å². The van der Waals surface area contributed by atoms with Crippen LogP contribution in [0.2, 0.25) is 0 Å². The summed E-state index contributed by atoms with van der Waals surface area (Å²) in [5, 5.41) is 2.88. The van der Waals surface area contributed by atoms with E-state index in [0.29, 0.717) is 18.4 Å². The molecular formula is C17H19FIN3O3S. The first-order chi connectivity index (χ1) is 12.0. The van der Waals surface area contributed by atoms with Gasteiger partial charge in [0, 0.05) is 22.4 Å². The molecule has 1 aromatic carbocycles. The molecule has 3 rings (SSSR count). The van der Waals surface area contributed by atoms with Gasteiger partial charge in [0.15, 0.2) is 0 Å². The molecule has 0 amide bonds. The van der Waals surface area contributed by atoms with Crippen LogP contribution in [0.15, 0.2) is 29.2 Å². The molecule has 0 atom stereocenters. The number of anilines is 3. The standard InChI is InChI=1S/C17H19FIN3O3S/c1-10-15(20-13-5-4-11(19)8-12(13)18)14(9-22(3)16(10)23)21-26(24,25)17(2)6-7-17/h4-5,8-9,20-21H,6-7H2,1-3H3. The van der Waals surface area contributed by atoms with Crippen LogP contribution in [0.3, 0.4) is 0 Å². The molecule has 2 aromatic rings. The van der Waals surface area contributed by atoms with Crippen molar-refractivity contribution in [2.24, 2.45) is 7.05 Å². The van der Waals surface area contributed by atoms with E-state index in [1.54, 1.807) is 33.0 Å². The SMILES string of the molecule is Cc1c(Nc2ccc(I)cc2F)c(NS(=O)(=O)C2(C)CC2)cn(C)c1=O. The minimum absolute atomic E-state index is 0.167. The second-order valence-electron chi connectivity index (χ2n) is 6.76. The summed E-state index contributed by atoms with van der Waals surface area (Å²) in [6, 6.07) is 4.63. The Morgan fingerprint density at radius 1 is 1.27 bits per heavy atom. The van der Waals surface area contributed by atoms with Gasteiger partial charge in [-0.05, 0) is 67.5 Å². The Bertz CT molecular complexity index is 1050. The Morgan fingerprint density at radius 3 is 2.50 bits per heavy atom. The molecule has 2 N–H and O–H groups in total. The number of nitrogens with zero attached hydrogens (tertiary/aromatic N) is 1. The van der Waals surface area contributed by atoms with Crippen molar-refractivity contribution in [1.29, 1.82) is 0 Å². The van der Waals surface area contributed by atoms with Crippen molar-refractivity contribution in [3.05, 3.63) is 49.7 Å². The number of hydrogen-bond donors (Lipinski definition) is 2. The van der Waals surface area contributed by atoms with E-state index in [9.17, 15) is 17.6 Å². The lowest BCUT2D eigenvalue weighted by molar-refractivity contribution is 0.587. The Kier molecular flexibility index (Phi) is 4.80. The second-order valence-corrected chi connectivity index (χ2v) is 10.2. The number of aromatic nitrogens is 1. The quantitative estimate of drug-likeness (QED) is 0.628. The van der Waals surface area contributed by atoms with E-state index in [0.717, 1.165) is 3.57 Å². The summed E-state index contributed by atoms with van der Waals surface area (Å²) in [4.78, 5) is 12.3. The first-order valence-corrected chi connectivity index (χ1v) is 10.5. The van der Waals surface area contributed by atoms with Crippen molar-refractivity contribution in [2.45, 2.75) is 31.4 Å². The first-order valence-electron chi connectivity index (χ1n) is 7.99. The van der Waals surface area contributed by atoms with E-state index in [4.69, 9.17) is 0 Å². The summed E-state index contributed by atoms with van der Waals surface area (Å²) in [7, 11) is -2.08.